The Kier molecular flexibility index (Phi) is 7.06. The number of carbonyl (C=O) groups is 1. The van der Waals surface area contributed by atoms with Crippen LogP contribution < -0.4 is 16.0 Å². The van der Waals surface area contributed by atoms with Gasteiger partial charge >= 0.3 is 0 Å². The van der Waals surface area contributed by atoms with E-state index in [1.165, 1.54) is 32.5 Å². The summed E-state index contributed by atoms with van der Waals surface area (Å²) >= 11 is 0. The first kappa shape index (κ1) is 27.9. The molecule has 1 amide bonds. The van der Waals surface area contributed by atoms with Crippen molar-refractivity contribution in [3.05, 3.63) is 47.8 Å². The normalized spacial score (nSPS) is 23.6. The van der Waals surface area contributed by atoms with Gasteiger partial charge in [-0.25, -0.2) is 17.3 Å². The number of hydrogen-bond donors (Lipinski definition) is 3. The molecule has 0 radical (unpaired) electrons. The van der Waals surface area contributed by atoms with Crippen molar-refractivity contribution in [2.45, 2.75) is 49.9 Å². The molecule has 3 aromatic heterocycles. The Balaban J connectivity index is 1.60. The number of amides is 1. The molecule has 2 aliphatic rings. The number of carbonyl (C=O) groups excluding carboxylic acids is 1. The Morgan fingerprint density at radius 1 is 1.35 bits per heavy atom. The van der Waals surface area contributed by atoms with Crippen LogP contribution in [0.1, 0.15) is 42.6 Å². The van der Waals surface area contributed by atoms with E-state index in [4.69, 9.17) is 5.73 Å². The van der Waals surface area contributed by atoms with Gasteiger partial charge in [0, 0.05) is 18.5 Å². The molecule has 1 aliphatic carbocycles. The van der Waals surface area contributed by atoms with Gasteiger partial charge in [0.25, 0.3) is 5.91 Å². The first-order chi connectivity index (χ1) is 18.8. The molecule has 212 valence electrons. The lowest BCUT2D eigenvalue weighted by Gasteiger charge is -2.37. The van der Waals surface area contributed by atoms with E-state index in [2.05, 4.69) is 21.5 Å². The molecule has 1 saturated carbocycles. The maximum atomic E-state index is 15.5. The SMILES string of the molecule is CC(C)(O)[C@H](F)CN(c1cc(-c2ccc3cc(C#N)cnn23)ncc1C(N)=O)[C@@H]1C[C@H]2CN[C@H](S(C)(=O)=O)[C@@H]2C1. The number of pyridine rings is 1. The Morgan fingerprint density at radius 2 is 2.10 bits per heavy atom. The zero-order valence-electron chi connectivity index (χ0n) is 22.5. The van der Waals surface area contributed by atoms with Crippen LogP contribution in [0.3, 0.4) is 0 Å². The second-order valence-electron chi connectivity index (χ2n) is 11.3. The van der Waals surface area contributed by atoms with Crippen LogP contribution in [0.5, 0.6) is 0 Å². The highest BCUT2D eigenvalue weighted by Crippen LogP contribution is 2.44. The Labute approximate surface area is 231 Å². The van der Waals surface area contributed by atoms with Crippen molar-refractivity contribution in [2.75, 3.05) is 24.2 Å². The highest BCUT2D eigenvalue weighted by molar-refractivity contribution is 7.91. The number of nitriles is 1. The zero-order valence-corrected chi connectivity index (χ0v) is 23.3. The van der Waals surface area contributed by atoms with Crippen LogP contribution in [-0.4, -0.2) is 76.6 Å². The van der Waals surface area contributed by atoms with Crippen LogP contribution in [0.2, 0.25) is 0 Å². The molecule has 4 heterocycles. The summed E-state index contributed by atoms with van der Waals surface area (Å²) in [5.74, 6) is -0.864. The number of rotatable bonds is 8. The number of nitrogens with zero attached hydrogens (tertiary/aromatic N) is 5. The fraction of sp³-hybridized carbons (Fsp3) is 0.481. The quantitative estimate of drug-likeness (QED) is 0.365. The van der Waals surface area contributed by atoms with Crippen molar-refractivity contribution in [1.82, 2.24) is 19.9 Å². The van der Waals surface area contributed by atoms with Crippen molar-refractivity contribution >= 4 is 26.9 Å². The Hall–Kier alpha value is -3.60. The van der Waals surface area contributed by atoms with Crippen LogP contribution in [0, 0.1) is 23.2 Å². The molecule has 0 spiro atoms. The van der Waals surface area contributed by atoms with Gasteiger partial charge in [0.2, 0.25) is 0 Å². The number of alkyl halides is 1. The smallest absolute Gasteiger partial charge is 0.252 e. The van der Waals surface area contributed by atoms with E-state index in [1.54, 1.807) is 33.7 Å². The lowest BCUT2D eigenvalue weighted by Crippen LogP contribution is -2.47. The largest absolute Gasteiger partial charge is 0.387 e. The topological polar surface area (TPSA) is 167 Å². The summed E-state index contributed by atoms with van der Waals surface area (Å²) in [6, 6.07) is 8.64. The average Bonchev–Trinajstić information content (AvgIpc) is 3.59. The number of aliphatic hydroxyl groups is 1. The summed E-state index contributed by atoms with van der Waals surface area (Å²) in [4.78, 5) is 18.7. The number of hydrogen-bond acceptors (Lipinski definition) is 9. The third kappa shape index (κ3) is 5.14. The number of nitrogens with two attached hydrogens (primary N) is 1. The number of nitrogens with one attached hydrogen (secondary N) is 1. The summed E-state index contributed by atoms with van der Waals surface area (Å²) in [5.41, 5.74) is 6.61. The molecule has 13 heteroatoms. The van der Waals surface area contributed by atoms with Crippen LogP contribution in [-0.2, 0) is 9.84 Å². The van der Waals surface area contributed by atoms with E-state index in [9.17, 15) is 23.6 Å². The summed E-state index contributed by atoms with van der Waals surface area (Å²) in [6.45, 7) is 3.04. The molecule has 5 atom stereocenters. The van der Waals surface area contributed by atoms with Crippen LogP contribution >= 0.6 is 0 Å². The van der Waals surface area contributed by atoms with Gasteiger partial charge in [-0.3, -0.25) is 9.78 Å². The van der Waals surface area contributed by atoms with E-state index in [-0.39, 0.29) is 30.0 Å². The lowest BCUT2D eigenvalue weighted by atomic mass is 10.00. The van der Waals surface area contributed by atoms with Crippen LogP contribution in [0.4, 0.5) is 10.1 Å². The molecule has 2 fully saturated rings. The molecule has 1 aliphatic heterocycles. The monoisotopic (exact) mass is 569 g/mol. The third-order valence-corrected chi connectivity index (χ3v) is 9.51. The van der Waals surface area contributed by atoms with Crippen LogP contribution in [0.25, 0.3) is 16.9 Å². The van der Waals surface area contributed by atoms with E-state index in [0.717, 1.165) is 0 Å². The molecule has 4 N–H and O–H groups in total. The fourth-order valence-corrected chi connectivity index (χ4v) is 7.35. The molecule has 11 nitrogen and oxygen atoms in total. The summed E-state index contributed by atoms with van der Waals surface area (Å²) in [6.07, 6.45) is 3.33. The molecule has 3 aromatic rings. The minimum atomic E-state index is -3.36. The van der Waals surface area contributed by atoms with Gasteiger partial charge in [0.15, 0.2) is 9.84 Å². The highest BCUT2D eigenvalue weighted by atomic mass is 32.2. The molecule has 1 saturated heterocycles. The highest BCUT2D eigenvalue weighted by Gasteiger charge is 2.49. The fourth-order valence-electron chi connectivity index (χ4n) is 5.98. The molecule has 0 unspecified atom stereocenters. The molecular formula is C27H32FN7O4S. The Morgan fingerprint density at radius 3 is 2.75 bits per heavy atom. The third-order valence-electron chi connectivity index (χ3n) is 8.07. The van der Waals surface area contributed by atoms with Crippen LogP contribution in [0.15, 0.2) is 36.7 Å². The van der Waals surface area contributed by atoms with Crippen molar-refractivity contribution in [1.29, 1.82) is 5.26 Å². The van der Waals surface area contributed by atoms with Gasteiger partial charge in [-0.15, -0.1) is 0 Å². The number of primary amides is 1. The van der Waals surface area contributed by atoms with Gasteiger partial charge in [0.05, 0.1) is 52.1 Å². The number of halogens is 1. The minimum Gasteiger partial charge on any atom is -0.387 e. The number of sulfone groups is 1. The maximum Gasteiger partial charge on any atom is 0.252 e. The second kappa shape index (κ2) is 10.1. The van der Waals surface area contributed by atoms with Gasteiger partial charge in [-0.05, 0) is 69.3 Å². The average molecular weight is 570 g/mol. The van der Waals surface area contributed by atoms with E-state index >= 15 is 4.39 Å². The van der Waals surface area contributed by atoms with Gasteiger partial charge in [0.1, 0.15) is 17.6 Å². The van der Waals surface area contributed by atoms with Crippen molar-refractivity contribution in [3.8, 4) is 17.5 Å². The molecule has 0 aromatic carbocycles. The van der Waals surface area contributed by atoms with Gasteiger partial charge < -0.3 is 21.1 Å². The number of aromatic nitrogens is 3. The predicted octanol–water partition coefficient (Wildman–Crippen LogP) is 1.65. The van der Waals surface area contributed by atoms with Gasteiger partial charge in [-0.2, -0.15) is 10.4 Å². The Bertz CT molecular complexity index is 1610. The minimum absolute atomic E-state index is 0.0545. The summed E-state index contributed by atoms with van der Waals surface area (Å²) in [5, 5.41) is 26.4. The predicted molar refractivity (Wildman–Crippen MR) is 147 cm³/mol. The summed E-state index contributed by atoms with van der Waals surface area (Å²) < 4.78 is 41.9. The lowest BCUT2D eigenvalue weighted by molar-refractivity contribution is -0.000137. The second-order valence-corrected chi connectivity index (χ2v) is 13.5. The molecular weight excluding hydrogens is 537 g/mol. The molecule has 40 heavy (non-hydrogen) atoms. The maximum absolute atomic E-state index is 15.5. The zero-order chi connectivity index (χ0) is 29.0. The molecule has 0 bridgehead atoms. The van der Waals surface area contributed by atoms with Crippen molar-refractivity contribution in [3.63, 3.8) is 0 Å². The van der Waals surface area contributed by atoms with Crippen molar-refractivity contribution < 1.29 is 22.7 Å². The first-order valence-corrected chi connectivity index (χ1v) is 15.0. The van der Waals surface area contributed by atoms with Crippen molar-refractivity contribution in [2.24, 2.45) is 17.6 Å². The summed E-state index contributed by atoms with van der Waals surface area (Å²) in [7, 11) is -3.36. The molecule has 5 rings (SSSR count). The number of fused-ring (bicyclic) bond motifs is 2. The van der Waals surface area contributed by atoms with E-state index in [0.29, 0.717) is 47.5 Å². The first-order valence-electron chi connectivity index (χ1n) is 13.0. The number of anilines is 1. The van der Waals surface area contributed by atoms with E-state index < -0.39 is 32.9 Å². The van der Waals surface area contributed by atoms with E-state index in [1.807, 2.05) is 0 Å². The van der Waals surface area contributed by atoms with Gasteiger partial charge in [-0.1, -0.05) is 0 Å². The standard InChI is InChI=1S/C27H32FN7O4S/c1-27(2,37)24(28)14-34(18-7-16-12-32-26(19(16)8-18)40(3,38)39)23-9-21(31-13-20(23)25(30)36)22-5-4-17-6-15(10-29)11-33-35(17)22/h4-6,9,11,13,16,18-19,24,26,32,37H,7-8,12,14H2,1-3H3,(H2,30,36)/t16-,18+,19+,24+,26+/m0/s1.